The normalized spacial score (nSPS) is 12.6. The molecule has 0 aliphatic heterocycles. The molecule has 0 heterocycles. The second kappa shape index (κ2) is 7.08. The average Bonchev–Trinajstić information content (AvgIpc) is 2.12. The minimum Gasteiger partial charge on any atom is -0.459 e. The first-order valence-electron chi connectivity index (χ1n) is 6.92. The number of carbonyl (C=O) groups excluding carboxylic acids is 2. The Bertz CT molecular complexity index is 284. The third-order valence-electron chi connectivity index (χ3n) is 2.23. The summed E-state index contributed by atoms with van der Waals surface area (Å²) in [6, 6.07) is 1.06. The summed E-state index contributed by atoms with van der Waals surface area (Å²) in [6.07, 6.45) is 1.36. The van der Waals surface area contributed by atoms with Gasteiger partial charge in [0.1, 0.15) is 11.2 Å². The van der Waals surface area contributed by atoms with E-state index in [0.29, 0.717) is 6.42 Å². The summed E-state index contributed by atoms with van der Waals surface area (Å²) in [6.45, 7) is 10.8. The Morgan fingerprint density at radius 3 is 1.58 bits per heavy atom. The largest absolute Gasteiger partial charge is 0.459 e. The predicted octanol–water partition coefficient (Wildman–Crippen LogP) is 1.85. The molecule has 0 aliphatic carbocycles. The van der Waals surface area contributed by atoms with E-state index in [4.69, 9.17) is 9.47 Å². The number of hydrogen-bond donors (Lipinski definition) is 0. The summed E-state index contributed by atoms with van der Waals surface area (Å²) in [5, 5.41) is 0. The van der Waals surface area contributed by atoms with Gasteiger partial charge in [-0.05, 0) is 48.0 Å². The molecule has 0 radical (unpaired) electrons. The zero-order valence-electron chi connectivity index (χ0n) is 13.3. The van der Waals surface area contributed by atoms with E-state index in [9.17, 15) is 9.59 Å². The molecule has 19 heavy (non-hydrogen) atoms. The molecule has 0 aliphatic rings. The molecule has 5 heteroatoms. The molecule has 0 atom stereocenters. The summed E-state index contributed by atoms with van der Waals surface area (Å²) < 4.78 is 10.6. The summed E-state index contributed by atoms with van der Waals surface area (Å²) in [5.74, 6) is -1.75. The van der Waals surface area contributed by atoms with Crippen molar-refractivity contribution >= 4 is 22.2 Å². The van der Waals surface area contributed by atoms with Crippen LogP contribution < -0.4 is 0 Å². The molecule has 0 unspecified atom stereocenters. The lowest BCUT2D eigenvalue weighted by molar-refractivity contribution is -0.174. The zero-order valence-corrected chi connectivity index (χ0v) is 15.3. The van der Waals surface area contributed by atoms with E-state index in [1.54, 1.807) is 41.5 Å². The van der Waals surface area contributed by atoms with Crippen LogP contribution in [-0.2, 0) is 19.1 Å². The van der Waals surface area contributed by atoms with Crippen molar-refractivity contribution in [3.63, 3.8) is 0 Å². The first-order chi connectivity index (χ1) is 8.46. The van der Waals surface area contributed by atoms with Crippen LogP contribution in [0.3, 0.4) is 0 Å². The van der Waals surface area contributed by atoms with Crippen molar-refractivity contribution in [1.29, 1.82) is 0 Å². The van der Waals surface area contributed by atoms with E-state index in [1.165, 1.54) is 0 Å². The van der Waals surface area contributed by atoms with E-state index >= 15 is 0 Å². The van der Waals surface area contributed by atoms with Crippen LogP contribution in [0.1, 0.15) is 54.4 Å². The van der Waals surface area contributed by atoms with E-state index in [0.717, 1.165) is 22.7 Å². The number of ether oxygens (including phenoxy) is 2. The lowest BCUT2D eigenvalue weighted by Gasteiger charge is -2.26. The maximum Gasteiger partial charge on any atom is 0.320 e. The maximum atomic E-state index is 12.1. The molecule has 0 saturated carbocycles. The number of esters is 2. The summed E-state index contributed by atoms with van der Waals surface area (Å²) in [7, 11) is 1.07. The van der Waals surface area contributed by atoms with Crippen LogP contribution in [0.15, 0.2) is 0 Å². The molecule has 0 aromatic carbocycles. The summed E-state index contributed by atoms with van der Waals surface area (Å²) >= 11 is 0. The van der Waals surface area contributed by atoms with Crippen molar-refractivity contribution in [2.75, 3.05) is 0 Å². The fourth-order valence-electron chi connectivity index (χ4n) is 1.49. The molecule has 0 amide bonds. The molecular formula is C14H28O4Si. The van der Waals surface area contributed by atoms with Crippen molar-refractivity contribution in [2.24, 2.45) is 5.92 Å². The van der Waals surface area contributed by atoms with Crippen molar-refractivity contribution in [3.05, 3.63) is 0 Å². The minimum absolute atomic E-state index is 0.475. The second-order valence-electron chi connectivity index (χ2n) is 6.76. The molecule has 0 aromatic heterocycles. The average molecular weight is 288 g/mol. The standard InChI is InChI=1S/C14H28O4Si/c1-13(2,3)17-11(15)10(8-7-9-19)12(16)18-14(4,5)6/h10H,7-9H2,1-6,19H3. The molecule has 0 aromatic rings. The van der Waals surface area contributed by atoms with Crippen molar-refractivity contribution in [1.82, 2.24) is 0 Å². The van der Waals surface area contributed by atoms with Gasteiger partial charge >= 0.3 is 11.9 Å². The van der Waals surface area contributed by atoms with Crippen LogP contribution in [0.4, 0.5) is 0 Å². The number of rotatable bonds is 5. The van der Waals surface area contributed by atoms with Crippen LogP contribution in [0.25, 0.3) is 0 Å². The first kappa shape index (κ1) is 18.2. The van der Waals surface area contributed by atoms with Gasteiger partial charge in [-0.15, -0.1) is 0 Å². The van der Waals surface area contributed by atoms with Crippen molar-refractivity contribution in [3.8, 4) is 0 Å². The van der Waals surface area contributed by atoms with E-state index in [1.807, 2.05) is 0 Å². The van der Waals surface area contributed by atoms with Crippen LogP contribution in [0.2, 0.25) is 6.04 Å². The van der Waals surface area contributed by atoms with Gasteiger partial charge in [-0.1, -0.05) is 12.5 Å². The van der Waals surface area contributed by atoms with Crippen molar-refractivity contribution < 1.29 is 19.1 Å². The Kier molecular flexibility index (Phi) is 6.76. The van der Waals surface area contributed by atoms with Gasteiger partial charge in [0, 0.05) is 10.2 Å². The minimum atomic E-state index is -0.799. The lowest BCUT2D eigenvalue weighted by Crippen LogP contribution is -2.36. The van der Waals surface area contributed by atoms with Gasteiger partial charge in [0.05, 0.1) is 0 Å². The highest BCUT2D eigenvalue weighted by molar-refractivity contribution is 6.08. The lowest BCUT2D eigenvalue weighted by atomic mass is 10.0. The highest BCUT2D eigenvalue weighted by atomic mass is 28.1. The fraction of sp³-hybridized carbons (Fsp3) is 0.857. The van der Waals surface area contributed by atoms with E-state index in [2.05, 4.69) is 0 Å². The first-order valence-corrected chi connectivity index (χ1v) is 8.33. The highest BCUT2D eigenvalue weighted by Crippen LogP contribution is 2.20. The molecule has 0 bridgehead atoms. The molecule has 0 spiro atoms. The van der Waals surface area contributed by atoms with Gasteiger partial charge in [0.15, 0.2) is 5.92 Å². The van der Waals surface area contributed by atoms with Gasteiger partial charge in [-0.2, -0.15) is 0 Å². The van der Waals surface area contributed by atoms with E-state index < -0.39 is 29.1 Å². The fourth-order valence-corrected chi connectivity index (χ4v) is 1.89. The van der Waals surface area contributed by atoms with Crippen LogP contribution in [-0.4, -0.2) is 33.4 Å². The zero-order chi connectivity index (χ0) is 15.3. The van der Waals surface area contributed by atoms with Crippen molar-refractivity contribution in [2.45, 2.75) is 71.6 Å². The van der Waals surface area contributed by atoms with Crippen LogP contribution in [0, 0.1) is 5.92 Å². The van der Waals surface area contributed by atoms with Gasteiger partial charge in [-0.25, -0.2) is 0 Å². The summed E-state index contributed by atoms with van der Waals surface area (Å²) in [5.41, 5.74) is -1.17. The predicted molar refractivity (Wildman–Crippen MR) is 79.2 cm³/mol. The Morgan fingerprint density at radius 1 is 0.947 bits per heavy atom. The monoisotopic (exact) mass is 288 g/mol. The number of carbonyl (C=O) groups is 2. The molecule has 112 valence electrons. The topological polar surface area (TPSA) is 52.6 Å². The van der Waals surface area contributed by atoms with Crippen LogP contribution in [0.5, 0.6) is 0 Å². The van der Waals surface area contributed by atoms with Gasteiger partial charge in [-0.3, -0.25) is 9.59 Å². The van der Waals surface area contributed by atoms with Gasteiger partial charge in [0.2, 0.25) is 0 Å². The molecule has 4 nitrogen and oxygen atoms in total. The SMILES string of the molecule is CC(C)(C)OC(=O)C(CCC[SiH3])C(=O)OC(C)(C)C. The quantitative estimate of drug-likeness (QED) is 0.440. The third kappa shape index (κ3) is 8.81. The summed E-state index contributed by atoms with van der Waals surface area (Å²) in [4.78, 5) is 24.2. The number of hydrogen-bond acceptors (Lipinski definition) is 4. The molecule has 0 N–H and O–H groups in total. The van der Waals surface area contributed by atoms with Gasteiger partial charge in [0.25, 0.3) is 0 Å². The highest BCUT2D eigenvalue weighted by Gasteiger charge is 2.34. The Morgan fingerprint density at radius 2 is 1.32 bits per heavy atom. The molecule has 0 fully saturated rings. The van der Waals surface area contributed by atoms with E-state index in [-0.39, 0.29) is 0 Å². The van der Waals surface area contributed by atoms with Gasteiger partial charge < -0.3 is 9.47 Å². The molecule has 0 rings (SSSR count). The Labute approximate surface area is 119 Å². The Hall–Kier alpha value is -0.843. The second-order valence-corrected chi connectivity index (χ2v) is 7.76. The smallest absolute Gasteiger partial charge is 0.320 e. The molecule has 0 saturated heterocycles. The third-order valence-corrected chi connectivity index (χ3v) is 2.94. The van der Waals surface area contributed by atoms with Crippen LogP contribution >= 0.6 is 0 Å². The molecular weight excluding hydrogens is 260 g/mol. The maximum absolute atomic E-state index is 12.1. The Balaban J connectivity index is 4.80.